The van der Waals surface area contributed by atoms with Gasteiger partial charge in [-0.05, 0) is 48.1 Å². The Hall–Kier alpha value is -3.95. The highest BCUT2D eigenvalue weighted by molar-refractivity contribution is 7.08. The molecule has 6 rings (SSSR count). The van der Waals surface area contributed by atoms with Crippen LogP contribution in [0.5, 0.6) is 0 Å². The number of aryl methyl sites for hydroxylation is 1. The molecule has 0 bridgehead atoms. The smallest absolute Gasteiger partial charge is 0.252 e. The summed E-state index contributed by atoms with van der Waals surface area (Å²) < 4.78 is 7.22. The minimum Gasteiger partial charge on any atom is -0.350 e. The largest absolute Gasteiger partial charge is 0.350 e. The van der Waals surface area contributed by atoms with Gasteiger partial charge in [-0.3, -0.25) is 9.59 Å². The van der Waals surface area contributed by atoms with Crippen molar-refractivity contribution < 1.29 is 14.1 Å². The second kappa shape index (κ2) is 9.17. The molecule has 8 nitrogen and oxygen atoms in total. The summed E-state index contributed by atoms with van der Waals surface area (Å²) in [7, 11) is 0. The van der Waals surface area contributed by atoms with Crippen LogP contribution in [0.25, 0.3) is 28.1 Å². The van der Waals surface area contributed by atoms with Gasteiger partial charge in [-0.15, -0.1) is 0 Å². The van der Waals surface area contributed by atoms with Gasteiger partial charge < -0.3 is 19.7 Å². The van der Waals surface area contributed by atoms with E-state index in [1.54, 1.807) is 18.4 Å². The molecule has 1 aliphatic carbocycles. The van der Waals surface area contributed by atoms with Gasteiger partial charge >= 0.3 is 0 Å². The van der Waals surface area contributed by atoms with Gasteiger partial charge in [-0.2, -0.15) is 16.3 Å². The number of halogens is 1. The minimum absolute atomic E-state index is 0.168. The molecule has 37 heavy (non-hydrogen) atoms. The van der Waals surface area contributed by atoms with E-state index < -0.39 is 5.54 Å². The number of nitrogens with zero attached hydrogens (tertiary/aromatic N) is 3. The van der Waals surface area contributed by atoms with Crippen LogP contribution in [0.4, 0.5) is 0 Å². The van der Waals surface area contributed by atoms with E-state index in [-0.39, 0.29) is 11.8 Å². The third kappa shape index (κ3) is 4.30. The molecule has 2 N–H and O–H groups in total. The fourth-order valence-electron chi connectivity index (χ4n) is 4.39. The third-order valence-corrected chi connectivity index (χ3v) is 7.59. The molecule has 3 heterocycles. The zero-order valence-electron chi connectivity index (χ0n) is 19.8. The first-order chi connectivity index (χ1) is 17.9. The van der Waals surface area contributed by atoms with Crippen molar-refractivity contribution in [1.29, 1.82) is 0 Å². The lowest BCUT2D eigenvalue weighted by Gasteiger charge is -2.17. The van der Waals surface area contributed by atoms with E-state index in [1.165, 1.54) is 11.3 Å². The summed E-state index contributed by atoms with van der Waals surface area (Å²) in [4.78, 5) is 29.7. The molecule has 0 saturated heterocycles. The number of amides is 2. The number of thiophene rings is 1. The molecule has 0 atom stereocenters. The highest BCUT2D eigenvalue weighted by Gasteiger charge is 2.51. The fourth-order valence-corrected chi connectivity index (χ4v) is 5.36. The number of carbonyl (C=O) groups is 2. The normalized spacial score (nSPS) is 14.0. The standard InChI is InChI=1S/C27H22ClN5O3S/c1-16-30-24(32-36-16)23-22(28)20-4-2-3-5-21(20)33(23)19-8-6-17(7-9-19)14-29-26(35)27(11-12-27)31-25(34)18-10-13-37-15-18/h2-10,13,15H,11-12,14H2,1H3,(H,29,35)(H,31,34). The topological polar surface area (TPSA) is 102 Å². The van der Waals surface area contributed by atoms with Crippen molar-refractivity contribution >= 4 is 45.7 Å². The molecule has 0 spiro atoms. The van der Waals surface area contributed by atoms with E-state index in [2.05, 4.69) is 20.8 Å². The Morgan fingerprint density at radius 1 is 1.14 bits per heavy atom. The number of hydrogen-bond donors (Lipinski definition) is 2. The van der Waals surface area contributed by atoms with Crippen molar-refractivity contribution in [2.45, 2.75) is 31.8 Å². The monoisotopic (exact) mass is 531 g/mol. The van der Waals surface area contributed by atoms with Gasteiger partial charge in [0.15, 0.2) is 0 Å². The molecule has 10 heteroatoms. The van der Waals surface area contributed by atoms with E-state index in [4.69, 9.17) is 16.1 Å². The number of aromatic nitrogens is 3. The molecule has 2 aromatic carbocycles. The summed E-state index contributed by atoms with van der Waals surface area (Å²) in [5.41, 5.74) is 3.12. The molecule has 5 aromatic rings. The Bertz CT molecular complexity index is 1620. The van der Waals surface area contributed by atoms with E-state index in [1.807, 2.05) is 58.5 Å². The summed E-state index contributed by atoms with van der Waals surface area (Å²) in [5.74, 6) is 0.477. The maximum Gasteiger partial charge on any atom is 0.252 e. The number of carbonyl (C=O) groups excluding carboxylic acids is 2. The van der Waals surface area contributed by atoms with Crippen LogP contribution in [-0.4, -0.2) is 32.1 Å². The molecule has 1 saturated carbocycles. The summed E-state index contributed by atoms with van der Waals surface area (Å²) in [6, 6.07) is 17.4. The number of para-hydroxylation sites is 1. The average molecular weight is 532 g/mol. The maximum atomic E-state index is 12.9. The lowest BCUT2D eigenvalue weighted by molar-refractivity contribution is -0.124. The van der Waals surface area contributed by atoms with Crippen LogP contribution in [0.2, 0.25) is 5.02 Å². The van der Waals surface area contributed by atoms with Crippen molar-refractivity contribution in [3.05, 3.63) is 87.4 Å². The van der Waals surface area contributed by atoms with Crippen molar-refractivity contribution in [1.82, 2.24) is 25.3 Å². The zero-order valence-corrected chi connectivity index (χ0v) is 21.4. The second-order valence-electron chi connectivity index (χ2n) is 9.05. The van der Waals surface area contributed by atoms with E-state index >= 15 is 0 Å². The molecule has 186 valence electrons. The van der Waals surface area contributed by atoms with E-state index in [9.17, 15) is 9.59 Å². The van der Waals surface area contributed by atoms with Gasteiger partial charge in [0, 0.05) is 29.9 Å². The lowest BCUT2D eigenvalue weighted by atomic mass is 10.1. The molecule has 0 unspecified atom stereocenters. The number of nitrogens with one attached hydrogen (secondary N) is 2. The van der Waals surface area contributed by atoms with Gasteiger partial charge in [0.25, 0.3) is 5.91 Å². The van der Waals surface area contributed by atoms with Crippen LogP contribution >= 0.6 is 22.9 Å². The van der Waals surface area contributed by atoms with Gasteiger partial charge in [-0.25, -0.2) is 0 Å². The van der Waals surface area contributed by atoms with Gasteiger partial charge in [-0.1, -0.05) is 47.1 Å². The Kier molecular flexibility index (Phi) is 5.81. The number of benzene rings is 2. The number of rotatable bonds is 7. The van der Waals surface area contributed by atoms with Crippen LogP contribution in [0.1, 0.15) is 34.7 Å². The molecule has 1 aliphatic rings. The van der Waals surface area contributed by atoms with Crippen molar-refractivity contribution in [2.24, 2.45) is 0 Å². The second-order valence-corrected chi connectivity index (χ2v) is 10.2. The molecular weight excluding hydrogens is 510 g/mol. The third-order valence-electron chi connectivity index (χ3n) is 6.52. The van der Waals surface area contributed by atoms with Gasteiger partial charge in [0.05, 0.1) is 16.1 Å². The predicted octanol–water partition coefficient (Wildman–Crippen LogP) is 5.28. The van der Waals surface area contributed by atoms with Crippen LogP contribution in [0.3, 0.4) is 0 Å². The summed E-state index contributed by atoms with van der Waals surface area (Å²) in [6.45, 7) is 2.08. The Labute approximate surface area is 221 Å². The van der Waals surface area contributed by atoms with Crippen molar-refractivity contribution in [3.8, 4) is 17.2 Å². The summed E-state index contributed by atoms with van der Waals surface area (Å²) in [6.07, 6.45) is 1.26. The lowest BCUT2D eigenvalue weighted by Crippen LogP contribution is -2.48. The number of hydrogen-bond acceptors (Lipinski definition) is 6. The quantitative estimate of drug-likeness (QED) is 0.297. The molecule has 2 amide bonds. The molecular formula is C27H22ClN5O3S. The molecule has 0 radical (unpaired) electrons. The maximum absolute atomic E-state index is 12.9. The summed E-state index contributed by atoms with van der Waals surface area (Å²) in [5, 5.41) is 15.0. The van der Waals surface area contributed by atoms with Crippen LogP contribution < -0.4 is 10.6 Å². The Morgan fingerprint density at radius 2 is 1.92 bits per heavy atom. The highest BCUT2D eigenvalue weighted by Crippen LogP contribution is 2.39. The predicted molar refractivity (Wildman–Crippen MR) is 142 cm³/mol. The molecule has 0 aliphatic heterocycles. The van der Waals surface area contributed by atoms with Crippen LogP contribution in [0.15, 0.2) is 69.9 Å². The van der Waals surface area contributed by atoms with Gasteiger partial charge in [0.1, 0.15) is 11.2 Å². The van der Waals surface area contributed by atoms with E-state index in [0.717, 1.165) is 22.2 Å². The van der Waals surface area contributed by atoms with Crippen molar-refractivity contribution in [3.63, 3.8) is 0 Å². The minimum atomic E-state index is -0.822. The first-order valence-corrected chi connectivity index (χ1v) is 13.1. The Balaban J connectivity index is 1.21. The average Bonchev–Trinajstić information content (AvgIpc) is 3.25. The Morgan fingerprint density at radius 3 is 2.59 bits per heavy atom. The van der Waals surface area contributed by atoms with Crippen LogP contribution in [0, 0.1) is 6.92 Å². The van der Waals surface area contributed by atoms with Gasteiger partial charge in [0.2, 0.25) is 17.6 Å². The summed E-state index contributed by atoms with van der Waals surface area (Å²) >= 11 is 8.22. The highest BCUT2D eigenvalue weighted by atomic mass is 35.5. The zero-order chi connectivity index (χ0) is 25.6. The van der Waals surface area contributed by atoms with Crippen LogP contribution in [-0.2, 0) is 11.3 Å². The first-order valence-electron chi connectivity index (χ1n) is 11.8. The van der Waals surface area contributed by atoms with Crippen molar-refractivity contribution in [2.75, 3.05) is 0 Å². The molecule has 1 fully saturated rings. The SMILES string of the molecule is Cc1nc(-c2c(Cl)c3ccccc3n2-c2ccc(CNC(=O)C3(NC(=O)c4ccsc4)CC3)cc2)no1. The fraction of sp³-hybridized carbons (Fsp3) is 0.185. The number of fused-ring (bicyclic) bond motifs is 1. The first kappa shape index (κ1) is 23.4. The van der Waals surface area contributed by atoms with E-state index in [0.29, 0.717) is 47.4 Å². The molecule has 3 aromatic heterocycles.